The van der Waals surface area contributed by atoms with Crippen LogP contribution in [0.25, 0.3) is 0 Å². The van der Waals surface area contributed by atoms with Crippen LogP contribution in [0, 0.1) is 0 Å². The third kappa shape index (κ3) is 31.1. The zero-order valence-electron chi connectivity index (χ0n) is 38.5. The fourth-order valence-corrected chi connectivity index (χ4v) is 7.74. The van der Waals surface area contributed by atoms with Crippen molar-refractivity contribution in [1.82, 2.24) is 5.32 Å². The molecule has 350 valence electrons. The SMILES string of the molecule is CC/C=C\C/C=C\C/C=C\C/C=C\CCCCC(=O)NC(COC1OC(CO)C(O)C(O)C1O)C(O)CCCCCCCCCCCCCCCCCCCCCCCC. The van der Waals surface area contributed by atoms with Crippen LogP contribution in [-0.4, -0.2) is 87.5 Å². The molecule has 9 heteroatoms. The van der Waals surface area contributed by atoms with Crippen LogP contribution >= 0.6 is 0 Å². The van der Waals surface area contributed by atoms with Crippen molar-refractivity contribution in [2.45, 2.75) is 256 Å². The Labute approximate surface area is 367 Å². The first-order valence-corrected chi connectivity index (χ1v) is 24.8. The van der Waals surface area contributed by atoms with E-state index in [9.17, 15) is 30.3 Å². The number of carbonyl (C=O) groups excluding carboxylic acids is 1. The molecule has 1 saturated heterocycles. The second-order valence-corrected chi connectivity index (χ2v) is 17.2. The lowest BCUT2D eigenvalue weighted by molar-refractivity contribution is -0.302. The smallest absolute Gasteiger partial charge is 0.220 e. The minimum Gasteiger partial charge on any atom is -0.394 e. The van der Waals surface area contributed by atoms with E-state index in [2.05, 4.69) is 67.8 Å². The topological polar surface area (TPSA) is 149 Å². The van der Waals surface area contributed by atoms with Crippen LogP contribution in [0.15, 0.2) is 48.6 Å². The van der Waals surface area contributed by atoms with Crippen LogP contribution in [0.3, 0.4) is 0 Å². The van der Waals surface area contributed by atoms with Gasteiger partial charge in [0.1, 0.15) is 24.4 Å². The highest BCUT2D eigenvalue weighted by atomic mass is 16.7. The molecule has 1 rings (SSSR count). The summed E-state index contributed by atoms with van der Waals surface area (Å²) in [5.74, 6) is -0.185. The Morgan fingerprint density at radius 1 is 0.583 bits per heavy atom. The van der Waals surface area contributed by atoms with Gasteiger partial charge in [0, 0.05) is 6.42 Å². The first-order valence-electron chi connectivity index (χ1n) is 24.8. The zero-order valence-corrected chi connectivity index (χ0v) is 38.5. The van der Waals surface area contributed by atoms with Gasteiger partial charge in [0.2, 0.25) is 5.91 Å². The molecule has 1 heterocycles. The predicted molar refractivity (Wildman–Crippen MR) is 249 cm³/mol. The maximum absolute atomic E-state index is 13.0. The first-order chi connectivity index (χ1) is 29.3. The van der Waals surface area contributed by atoms with Gasteiger partial charge in [0.25, 0.3) is 0 Å². The van der Waals surface area contributed by atoms with E-state index in [4.69, 9.17) is 9.47 Å². The Kier molecular flexibility index (Phi) is 38.5. The summed E-state index contributed by atoms with van der Waals surface area (Å²) in [6, 6.07) is -0.742. The van der Waals surface area contributed by atoms with Crippen LogP contribution in [0.1, 0.15) is 213 Å². The largest absolute Gasteiger partial charge is 0.394 e. The van der Waals surface area contributed by atoms with E-state index in [1.165, 1.54) is 122 Å². The number of unbranched alkanes of at least 4 members (excludes halogenated alkanes) is 23. The molecule has 0 bridgehead atoms. The number of hydrogen-bond donors (Lipinski definition) is 6. The van der Waals surface area contributed by atoms with Gasteiger partial charge in [0.05, 0.1) is 25.4 Å². The summed E-state index contributed by atoms with van der Waals surface area (Å²) >= 11 is 0. The quantitative estimate of drug-likeness (QED) is 0.0263. The molecule has 0 spiro atoms. The number of allylic oxidation sites excluding steroid dienone is 8. The Bertz CT molecular complexity index is 1080. The summed E-state index contributed by atoms with van der Waals surface area (Å²) in [5.41, 5.74) is 0. The number of aliphatic hydroxyl groups excluding tert-OH is 5. The van der Waals surface area contributed by atoms with Crippen molar-refractivity contribution in [3.63, 3.8) is 0 Å². The van der Waals surface area contributed by atoms with Crippen molar-refractivity contribution in [3.8, 4) is 0 Å². The molecule has 0 saturated carbocycles. The second-order valence-electron chi connectivity index (χ2n) is 17.2. The summed E-state index contributed by atoms with van der Waals surface area (Å²) in [6.07, 6.45) is 45.6. The zero-order chi connectivity index (χ0) is 43.7. The number of aliphatic hydroxyl groups is 5. The first kappa shape index (κ1) is 56.2. The van der Waals surface area contributed by atoms with Crippen LogP contribution in [0.4, 0.5) is 0 Å². The highest BCUT2D eigenvalue weighted by Gasteiger charge is 2.44. The fourth-order valence-electron chi connectivity index (χ4n) is 7.74. The lowest BCUT2D eigenvalue weighted by atomic mass is 9.99. The maximum atomic E-state index is 13.0. The van der Waals surface area contributed by atoms with Gasteiger partial charge in [-0.2, -0.15) is 0 Å². The van der Waals surface area contributed by atoms with Gasteiger partial charge in [-0.25, -0.2) is 0 Å². The monoisotopic (exact) mass is 848 g/mol. The molecule has 9 nitrogen and oxygen atoms in total. The highest BCUT2D eigenvalue weighted by molar-refractivity contribution is 5.76. The van der Waals surface area contributed by atoms with Gasteiger partial charge < -0.3 is 40.3 Å². The molecule has 1 aliphatic rings. The number of amides is 1. The molecular weight excluding hydrogens is 755 g/mol. The van der Waals surface area contributed by atoms with E-state index in [0.717, 1.165) is 57.8 Å². The van der Waals surface area contributed by atoms with Crippen LogP contribution < -0.4 is 5.32 Å². The van der Waals surface area contributed by atoms with Crippen molar-refractivity contribution >= 4 is 5.91 Å². The van der Waals surface area contributed by atoms with E-state index in [1.54, 1.807) is 0 Å². The summed E-state index contributed by atoms with van der Waals surface area (Å²) < 4.78 is 11.3. The molecule has 0 aromatic carbocycles. The summed E-state index contributed by atoms with van der Waals surface area (Å²) in [5, 5.41) is 54.4. The lowest BCUT2D eigenvalue weighted by Crippen LogP contribution is -2.60. The molecule has 0 aromatic rings. The third-order valence-corrected chi connectivity index (χ3v) is 11.7. The molecule has 1 amide bonds. The molecule has 60 heavy (non-hydrogen) atoms. The molecule has 7 unspecified atom stereocenters. The van der Waals surface area contributed by atoms with E-state index in [0.29, 0.717) is 19.3 Å². The number of nitrogens with one attached hydrogen (secondary N) is 1. The van der Waals surface area contributed by atoms with Crippen LogP contribution in [-0.2, 0) is 14.3 Å². The number of hydrogen-bond acceptors (Lipinski definition) is 8. The van der Waals surface area contributed by atoms with Gasteiger partial charge in [-0.15, -0.1) is 0 Å². The predicted octanol–water partition coefficient (Wildman–Crippen LogP) is 11.0. The molecule has 0 radical (unpaired) electrons. The minimum atomic E-state index is -1.56. The minimum absolute atomic E-state index is 0.156. The molecule has 6 N–H and O–H groups in total. The normalized spacial score (nSPS) is 20.9. The lowest BCUT2D eigenvalue weighted by Gasteiger charge is -2.40. The Morgan fingerprint density at radius 2 is 1.03 bits per heavy atom. The third-order valence-electron chi connectivity index (χ3n) is 11.7. The molecular formula is C51H93NO8. The highest BCUT2D eigenvalue weighted by Crippen LogP contribution is 2.23. The van der Waals surface area contributed by atoms with E-state index < -0.39 is 49.5 Å². The number of ether oxygens (including phenoxy) is 2. The molecule has 1 fully saturated rings. The average molecular weight is 848 g/mol. The summed E-state index contributed by atoms with van der Waals surface area (Å²) in [7, 11) is 0. The Morgan fingerprint density at radius 3 is 1.50 bits per heavy atom. The molecule has 7 atom stereocenters. The molecule has 0 aliphatic carbocycles. The fraction of sp³-hybridized carbons (Fsp3) is 0.824. The van der Waals surface area contributed by atoms with E-state index in [1.807, 2.05) is 0 Å². The van der Waals surface area contributed by atoms with Gasteiger partial charge in [-0.1, -0.05) is 204 Å². The summed E-state index contributed by atoms with van der Waals surface area (Å²) in [6.45, 7) is 3.70. The van der Waals surface area contributed by atoms with Crippen molar-refractivity contribution < 1.29 is 39.8 Å². The molecule has 0 aromatic heterocycles. The van der Waals surface area contributed by atoms with Crippen molar-refractivity contribution in [2.75, 3.05) is 13.2 Å². The van der Waals surface area contributed by atoms with Crippen molar-refractivity contribution in [1.29, 1.82) is 0 Å². The Hall–Kier alpha value is -1.85. The van der Waals surface area contributed by atoms with Gasteiger partial charge in [0.15, 0.2) is 6.29 Å². The Balaban J connectivity index is 2.29. The van der Waals surface area contributed by atoms with E-state index >= 15 is 0 Å². The number of carbonyl (C=O) groups is 1. The second kappa shape index (κ2) is 41.2. The van der Waals surface area contributed by atoms with Gasteiger partial charge >= 0.3 is 0 Å². The van der Waals surface area contributed by atoms with Crippen molar-refractivity contribution in [2.24, 2.45) is 0 Å². The van der Waals surface area contributed by atoms with Gasteiger partial charge in [-0.05, 0) is 51.4 Å². The standard InChI is InChI=1S/C51H93NO8/c1-3-5-7-9-11-13-15-17-19-20-21-22-23-24-25-27-28-30-32-34-36-38-40-45(54)44(43-59-51-50(58)49(57)48(56)46(42-53)60-51)52-47(55)41-39-37-35-33-31-29-26-18-16-14-12-10-8-6-4-2/h6,8,12,14,18,26,31,33,44-46,48-51,53-54,56-58H,3-5,7,9-11,13,15-17,19-25,27-30,32,34-43H2,1-2H3,(H,52,55)/b8-6-,14-12-,26-18-,33-31-. The van der Waals surface area contributed by atoms with Crippen LogP contribution in [0.5, 0.6) is 0 Å². The average Bonchev–Trinajstić information content (AvgIpc) is 3.25. The molecule has 1 aliphatic heterocycles. The maximum Gasteiger partial charge on any atom is 0.220 e. The number of rotatable bonds is 41. The summed E-state index contributed by atoms with van der Waals surface area (Å²) in [4.78, 5) is 13.0. The van der Waals surface area contributed by atoms with Crippen LogP contribution in [0.2, 0.25) is 0 Å². The van der Waals surface area contributed by atoms with E-state index in [-0.39, 0.29) is 12.5 Å². The van der Waals surface area contributed by atoms with Crippen molar-refractivity contribution in [3.05, 3.63) is 48.6 Å². The van der Waals surface area contributed by atoms with Gasteiger partial charge in [-0.3, -0.25) is 4.79 Å².